The Morgan fingerprint density at radius 3 is 2.42 bits per heavy atom. The molecule has 0 atom stereocenters. The first-order chi connectivity index (χ1) is 5.52. The molecule has 0 aromatic carbocycles. The van der Waals surface area contributed by atoms with E-state index in [0.29, 0.717) is 0 Å². The number of nitrogens with two attached hydrogens (primary N) is 2. The molecule has 0 spiro atoms. The Balaban J connectivity index is 3.28. The number of hydrogen-bond acceptors (Lipinski definition) is 3. The summed E-state index contributed by atoms with van der Waals surface area (Å²) in [4.78, 5) is 2.91. The second kappa shape index (κ2) is 2.88. The smallest absolute Gasteiger partial charge is 0.282 e. The van der Waals surface area contributed by atoms with Crippen molar-refractivity contribution in [2.75, 3.05) is 11.5 Å². The zero-order chi connectivity index (χ0) is 9.30. The molecule has 0 radical (unpaired) electrons. The van der Waals surface area contributed by atoms with Gasteiger partial charge in [0.25, 0.3) is 6.43 Å². The number of alkyl halides is 2. The fraction of sp³-hybridized carbons (Fsp3) is 0.167. The Bertz CT molecular complexity index is 300. The highest BCUT2D eigenvalue weighted by molar-refractivity contribution is 5.65. The van der Waals surface area contributed by atoms with Crippen molar-refractivity contribution in [2.24, 2.45) is 0 Å². The number of nitrogen functional groups attached to an aromatic ring is 2. The van der Waals surface area contributed by atoms with Gasteiger partial charge in [0, 0.05) is 6.07 Å². The van der Waals surface area contributed by atoms with Crippen LogP contribution in [0.4, 0.5) is 24.5 Å². The van der Waals surface area contributed by atoms with Crippen LogP contribution in [0.1, 0.15) is 12.1 Å². The van der Waals surface area contributed by atoms with Gasteiger partial charge in [-0.1, -0.05) is 0 Å². The summed E-state index contributed by atoms with van der Waals surface area (Å²) in [7, 11) is 0. The highest BCUT2D eigenvalue weighted by atomic mass is 19.3. The highest BCUT2D eigenvalue weighted by Gasteiger charge is 2.16. The number of pyridine rings is 1. The molecular formula is C6H6F3N3. The normalized spacial score (nSPS) is 10.7. The van der Waals surface area contributed by atoms with Crippen LogP contribution in [0.5, 0.6) is 0 Å². The van der Waals surface area contributed by atoms with Gasteiger partial charge in [-0.2, -0.15) is 4.39 Å². The van der Waals surface area contributed by atoms with Crippen LogP contribution in [0.15, 0.2) is 6.07 Å². The molecule has 0 saturated heterocycles. The van der Waals surface area contributed by atoms with E-state index < -0.39 is 18.1 Å². The topological polar surface area (TPSA) is 64.9 Å². The van der Waals surface area contributed by atoms with Gasteiger partial charge in [-0.25, -0.2) is 13.8 Å². The van der Waals surface area contributed by atoms with Gasteiger partial charge in [-0.3, -0.25) is 0 Å². The Kier molecular flexibility index (Phi) is 2.07. The molecule has 1 aromatic heterocycles. The Morgan fingerprint density at radius 1 is 1.33 bits per heavy atom. The zero-order valence-corrected chi connectivity index (χ0v) is 5.89. The fourth-order valence-electron chi connectivity index (χ4n) is 0.728. The average Bonchev–Trinajstić information content (AvgIpc) is 1.96. The van der Waals surface area contributed by atoms with E-state index in [0.717, 1.165) is 6.07 Å². The van der Waals surface area contributed by atoms with Crippen LogP contribution in [0.3, 0.4) is 0 Å². The van der Waals surface area contributed by atoms with Crippen molar-refractivity contribution >= 4 is 11.4 Å². The summed E-state index contributed by atoms with van der Waals surface area (Å²) >= 11 is 0. The van der Waals surface area contributed by atoms with E-state index >= 15 is 0 Å². The summed E-state index contributed by atoms with van der Waals surface area (Å²) < 4.78 is 36.4. The first kappa shape index (κ1) is 8.63. The molecule has 3 nitrogen and oxygen atoms in total. The number of hydrogen-bond donors (Lipinski definition) is 2. The lowest BCUT2D eigenvalue weighted by Gasteiger charge is -2.05. The van der Waals surface area contributed by atoms with Crippen LogP contribution in [-0.4, -0.2) is 4.98 Å². The summed E-state index contributed by atoms with van der Waals surface area (Å²) in [6.07, 6.45) is -2.91. The lowest BCUT2D eigenvalue weighted by molar-refractivity contribution is 0.146. The van der Waals surface area contributed by atoms with Gasteiger partial charge in [-0.05, 0) is 0 Å². The van der Waals surface area contributed by atoms with Crippen molar-refractivity contribution in [3.8, 4) is 0 Å². The predicted molar refractivity (Wildman–Crippen MR) is 38.0 cm³/mol. The second-order valence-corrected chi connectivity index (χ2v) is 2.13. The van der Waals surface area contributed by atoms with Crippen LogP contribution in [-0.2, 0) is 0 Å². The maximum Gasteiger partial charge on any atom is 0.282 e. The molecular weight excluding hydrogens is 171 g/mol. The largest absolute Gasteiger partial charge is 0.397 e. The molecule has 1 rings (SSSR count). The third-order valence-corrected chi connectivity index (χ3v) is 1.30. The van der Waals surface area contributed by atoms with Gasteiger partial charge in [0.2, 0.25) is 5.95 Å². The number of anilines is 2. The van der Waals surface area contributed by atoms with E-state index in [2.05, 4.69) is 4.98 Å². The number of aromatic nitrogens is 1. The maximum atomic E-state index is 12.4. The van der Waals surface area contributed by atoms with E-state index in [1.165, 1.54) is 0 Å². The van der Waals surface area contributed by atoms with Crippen molar-refractivity contribution in [1.29, 1.82) is 0 Å². The maximum absolute atomic E-state index is 12.4. The van der Waals surface area contributed by atoms with Crippen LogP contribution >= 0.6 is 0 Å². The molecule has 0 amide bonds. The quantitative estimate of drug-likeness (QED) is 0.636. The summed E-state index contributed by atoms with van der Waals surface area (Å²) in [5, 5.41) is 0. The minimum absolute atomic E-state index is 0.224. The van der Waals surface area contributed by atoms with Crippen LogP contribution in [0, 0.1) is 5.95 Å². The minimum atomic E-state index is -2.91. The SMILES string of the molecule is Nc1cc(F)nc(C(F)F)c1N. The molecule has 0 saturated carbocycles. The predicted octanol–water partition coefficient (Wildman–Crippen LogP) is 1.32. The second-order valence-electron chi connectivity index (χ2n) is 2.13. The van der Waals surface area contributed by atoms with Gasteiger partial charge in [0.1, 0.15) is 5.69 Å². The molecule has 0 fully saturated rings. The third kappa shape index (κ3) is 1.41. The standard InChI is InChI=1S/C6H6F3N3/c7-3-1-2(10)4(11)5(12-3)6(8)9/h1,6H,11H2,(H2,10,12). The van der Waals surface area contributed by atoms with Crippen LogP contribution in [0.2, 0.25) is 0 Å². The monoisotopic (exact) mass is 177 g/mol. The van der Waals surface area contributed by atoms with E-state index in [1.54, 1.807) is 0 Å². The molecule has 0 bridgehead atoms. The number of nitrogens with zero attached hydrogens (tertiary/aromatic N) is 1. The lowest BCUT2D eigenvalue weighted by Crippen LogP contribution is -2.04. The molecule has 0 aliphatic carbocycles. The molecule has 0 aliphatic heterocycles. The van der Waals surface area contributed by atoms with Crippen molar-refractivity contribution < 1.29 is 13.2 Å². The lowest BCUT2D eigenvalue weighted by atomic mass is 10.2. The van der Waals surface area contributed by atoms with E-state index in [4.69, 9.17) is 11.5 Å². The Morgan fingerprint density at radius 2 is 1.92 bits per heavy atom. The molecule has 12 heavy (non-hydrogen) atoms. The fourth-order valence-corrected chi connectivity index (χ4v) is 0.728. The summed E-state index contributed by atoms with van der Waals surface area (Å²) in [6.45, 7) is 0. The van der Waals surface area contributed by atoms with E-state index in [9.17, 15) is 13.2 Å². The molecule has 1 heterocycles. The van der Waals surface area contributed by atoms with Crippen molar-refractivity contribution in [3.05, 3.63) is 17.7 Å². The number of halogens is 3. The third-order valence-electron chi connectivity index (χ3n) is 1.30. The summed E-state index contributed by atoms with van der Waals surface area (Å²) in [5.74, 6) is -1.06. The van der Waals surface area contributed by atoms with Crippen molar-refractivity contribution in [2.45, 2.75) is 6.43 Å². The first-order valence-electron chi connectivity index (χ1n) is 3.02. The van der Waals surface area contributed by atoms with E-state index in [1.807, 2.05) is 0 Å². The van der Waals surface area contributed by atoms with Crippen LogP contribution in [0.25, 0.3) is 0 Å². The van der Waals surface area contributed by atoms with Crippen LogP contribution < -0.4 is 11.5 Å². The summed E-state index contributed by atoms with van der Waals surface area (Å²) in [6, 6.07) is 0.793. The van der Waals surface area contributed by atoms with Gasteiger partial charge < -0.3 is 11.5 Å². The molecule has 4 N–H and O–H groups in total. The highest BCUT2D eigenvalue weighted by Crippen LogP contribution is 2.27. The molecule has 1 aromatic rings. The van der Waals surface area contributed by atoms with Gasteiger partial charge in [0.15, 0.2) is 0 Å². The van der Waals surface area contributed by atoms with Gasteiger partial charge in [-0.15, -0.1) is 0 Å². The molecule has 66 valence electrons. The minimum Gasteiger partial charge on any atom is -0.397 e. The molecule has 0 aliphatic rings. The zero-order valence-electron chi connectivity index (χ0n) is 5.89. The van der Waals surface area contributed by atoms with Crippen molar-refractivity contribution in [1.82, 2.24) is 4.98 Å². The Hall–Kier alpha value is -1.46. The van der Waals surface area contributed by atoms with Gasteiger partial charge >= 0.3 is 0 Å². The van der Waals surface area contributed by atoms with Crippen molar-refractivity contribution in [3.63, 3.8) is 0 Å². The van der Waals surface area contributed by atoms with E-state index in [-0.39, 0.29) is 11.4 Å². The Labute approximate surface area is 66.2 Å². The van der Waals surface area contributed by atoms with Gasteiger partial charge in [0.05, 0.1) is 11.4 Å². The molecule has 0 unspecified atom stereocenters. The average molecular weight is 177 g/mol. The molecule has 6 heteroatoms. The first-order valence-corrected chi connectivity index (χ1v) is 3.02. The summed E-state index contributed by atoms with van der Waals surface area (Å²) in [5.41, 5.74) is 8.83. The number of rotatable bonds is 1.